The molecule has 1 aromatic rings. The maximum absolute atomic E-state index is 11.6. The Bertz CT molecular complexity index is 463. The van der Waals surface area contributed by atoms with E-state index in [0.29, 0.717) is 6.61 Å². The zero-order valence-electron chi connectivity index (χ0n) is 11.6. The Hall–Kier alpha value is -2.02. The monoisotopic (exact) mass is 260 g/mol. The fraction of sp³-hybridized carbons (Fsp3) is 0.467. The number of rotatable bonds is 6. The van der Waals surface area contributed by atoms with Crippen LogP contribution >= 0.6 is 0 Å². The molecule has 0 saturated carbocycles. The molecule has 0 bridgehead atoms. The minimum absolute atomic E-state index is 0.103. The average Bonchev–Trinajstić information content (AvgIpc) is 2.35. The molecule has 0 fully saturated rings. The SMILES string of the molecule is Cc1cccc(OCCC(=O)NC(C#N)C(C)C)c1. The molecule has 0 heterocycles. The van der Waals surface area contributed by atoms with Gasteiger partial charge in [0.1, 0.15) is 11.8 Å². The highest BCUT2D eigenvalue weighted by Crippen LogP contribution is 2.12. The summed E-state index contributed by atoms with van der Waals surface area (Å²) in [6.45, 7) is 6.10. The lowest BCUT2D eigenvalue weighted by molar-refractivity contribution is -0.122. The summed E-state index contributed by atoms with van der Waals surface area (Å²) in [4.78, 5) is 11.6. The van der Waals surface area contributed by atoms with Crippen LogP contribution in [-0.2, 0) is 4.79 Å². The van der Waals surface area contributed by atoms with E-state index >= 15 is 0 Å². The van der Waals surface area contributed by atoms with E-state index in [4.69, 9.17) is 10.00 Å². The van der Waals surface area contributed by atoms with Gasteiger partial charge in [0.2, 0.25) is 5.91 Å². The molecule has 102 valence electrons. The van der Waals surface area contributed by atoms with Crippen molar-refractivity contribution in [2.24, 2.45) is 5.92 Å². The predicted molar refractivity (Wildman–Crippen MR) is 73.7 cm³/mol. The lowest BCUT2D eigenvalue weighted by Gasteiger charge is -2.15. The Kier molecular flexibility index (Phi) is 5.87. The number of nitriles is 1. The molecule has 4 heteroatoms. The van der Waals surface area contributed by atoms with Gasteiger partial charge >= 0.3 is 0 Å². The van der Waals surface area contributed by atoms with Crippen molar-refractivity contribution < 1.29 is 9.53 Å². The zero-order chi connectivity index (χ0) is 14.3. The van der Waals surface area contributed by atoms with Gasteiger partial charge in [0.05, 0.1) is 19.1 Å². The van der Waals surface area contributed by atoms with Gasteiger partial charge in [-0.05, 0) is 30.5 Å². The lowest BCUT2D eigenvalue weighted by Crippen LogP contribution is -2.37. The van der Waals surface area contributed by atoms with Gasteiger partial charge in [-0.25, -0.2) is 0 Å². The molecule has 4 nitrogen and oxygen atoms in total. The molecule has 1 amide bonds. The van der Waals surface area contributed by atoms with Gasteiger partial charge in [0, 0.05) is 0 Å². The van der Waals surface area contributed by atoms with Gasteiger partial charge in [-0.3, -0.25) is 4.79 Å². The largest absolute Gasteiger partial charge is 0.493 e. The highest BCUT2D eigenvalue weighted by Gasteiger charge is 2.14. The number of nitrogens with zero attached hydrogens (tertiary/aromatic N) is 1. The minimum atomic E-state index is -0.438. The van der Waals surface area contributed by atoms with E-state index in [1.54, 1.807) is 0 Å². The third-order valence-electron chi connectivity index (χ3n) is 2.71. The molecule has 0 aliphatic rings. The maximum Gasteiger partial charge on any atom is 0.224 e. The summed E-state index contributed by atoms with van der Waals surface area (Å²) in [5, 5.41) is 11.6. The first-order valence-corrected chi connectivity index (χ1v) is 6.41. The van der Waals surface area contributed by atoms with Crippen molar-refractivity contribution in [1.29, 1.82) is 5.26 Å². The van der Waals surface area contributed by atoms with Crippen molar-refractivity contribution >= 4 is 5.91 Å². The summed E-state index contributed by atoms with van der Waals surface area (Å²) in [5.74, 6) is 0.702. The van der Waals surface area contributed by atoms with Crippen LogP contribution in [0.25, 0.3) is 0 Å². The van der Waals surface area contributed by atoms with Gasteiger partial charge in [-0.15, -0.1) is 0 Å². The molecule has 1 aromatic carbocycles. The Morgan fingerprint density at radius 1 is 1.47 bits per heavy atom. The highest BCUT2D eigenvalue weighted by molar-refractivity contribution is 5.76. The second-order valence-electron chi connectivity index (χ2n) is 4.83. The van der Waals surface area contributed by atoms with Crippen LogP contribution in [0.1, 0.15) is 25.8 Å². The van der Waals surface area contributed by atoms with Crippen molar-refractivity contribution in [1.82, 2.24) is 5.32 Å². The van der Waals surface area contributed by atoms with E-state index in [-0.39, 0.29) is 18.2 Å². The van der Waals surface area contributed by atoms with Crippen LogP contribution in [0.2, 0.25) is 0 Å². The molecule has 0 spiro atoms. The second-order valence-corrected chi connectivity index (χ2v) is 4.83. The molecule has 1 unspecified atom stereocenters. The fourth-order valence-corrected chi connectivity index (χ4v) is 1.56. The molecule has 0 aliphatic heterocycles. The topological polar surface area (TPSA) is 62.1 Å². The summed E-state index contributed by atoms with van der Waals surface area (Å²) in [6.07, 6.45) is 0.249. The van der Waals surface area contributed by atoms with Gasteiger partial charge in [-0.1, -0.05) is 26.0 Å². The molecule has 1 rings (SSSR count). The molecule has 1 N–H and O–H groups in total. The summed E-state index contributed by atoms with van der Waals surface area (Å²) in [7, 11) is 0. The van der Waals surface area contributed by atoms with Crippen LogP contribution in [0.4, 0.5) is 0 Å². The molecule has 0 aliphatic carbocycles. The van der Waals surface area contributed by atoms with Crippen LogP contribution in [0.5, 0.6) is 5.75 Å². The molecule has 0 radical (unpaired) electrons. The number of hydrogen-bond acceptors (Lipinski definition) is 3. The van der Waals surface area contributed by atoms with E-state index in [1.807, 2.05) is 45.0 Å². The fourth-order valence-electron chi connectivity index (χ4n) is 1.56. The Morgan fingerprint density at radius 3 is 2.79 bits per heavy atom. The van der Waals surface area contributed by atoms with Crippen LogP contribution in [0, 0.1) is 24.2 Å². The van der Waals surface area contributed by atoms with Gasteiger partial charge in [0.25, 0.3) is 0 Å². The number of hydrogen-bond donors (Lipinski definition) is 1. The number of nitrogens with one attached hydrogen (secondary N) is 1. The average molecular weight is 260 g/mol. The quantitative estimate of drug-likeness (QED) is 0.854. The Labute approximate surface area is 114 Å². The third-order valence-corrected chi connectivity index (χ3v) is 2.71. The first-order chi connectivity index (χ1) is 9.02. The van der Waals surface area contributed by atoms with Crippen molar-refractivity contribution in [3.05, 3.63) is 29.8 Å². The number of carbonyl (C=O) groups excluding carboxylic acids is 1. The number of ether oxygens (including phenoxy) is 1. The van der Waals surface area contributed by atoms with Gasteiger partial charge in [-0.2, -0.15) is 5.26 Å². The van der Waals surface area contributed by atoms with E-state index in [9.17, 15) is 4.79 Å². The van der Waals surface area contributed by atoms with E-state index in [1.165, 1.54) is 0 Å². The first kappa shape index (κ1) is 15.0. The Balaban J connectivity index is 2.33. The smallest absolute Gasteiger partial charge is 0.224 e. The molecule has 1 atom stereocenters. The minimum Gasteiger partial charge on any atom is -0.493 e. The molecule has 0 saturated heterocycles. The molecular weight excluding hydrogens is 240 g/mol. The maximum atomic E-state index is 11.6. The van der Waals surface area contributed by atoms with Crippen LogP contribution in [0.15, 0.2) is 24.3 Å². The highest BCUT2D eigenvalue weighted by atomic mass is 16.5. The second kappa shape index (κ2) is 7.42. The van der Waals surface area contributed by atoms with Crippen molar-refractivity contribution in [2.45, 2.75) is 33.2 Å². The molecule has 0 aromatic heterocycles. The van der Waals surface area contributed by atoms with Crippen LogP contribution < -0.4 is 10.1 Å². The Morgan fingerprint density at radius 2 is 2.21 bits per heavy atom. The van der Waals surface area contributed by atoms with Gasteiger partial charge < -0.3 is 10.1 Å². The lowest BCUT2D eigenvalue weighted by atomic mass is 10.1. The number of carbonyl (C=O) groups is 1. The zero-order valence-corrected chi connectivity index (χ0v) is 11.6. The van der Waals surface area contributed by atoms with E-state index in [2.05, 4.69) is 11.4 Å². The van der Waals surface area contributed by atoms with Crippen molar-refractivity contribution in [3.8, 4) is 11.8 Å². The predicted octanol–water partition coefficient (Wildman–Crippen LogP) is 2.43. The van der Waals surface area contributed by atoms with E-state index < -0.39 is 6.04 Å². The number of benzene rings is 1. The van der Waals surface area contributed by atoms with Crippen LogP contribution in [-0.4, -0.2) is 18.6 Å². The normalized spacial score (nSPS) is 11.7. The summed E-state index contributed by atoms with van der Waals surface area (Å²) < 4.78 is 5.49. The van der Waals surface area contributed by atoms with Crippen molar-refractivity contribution in [2.75, 3.05) is 6.61 Å². The van der Waals surface area contributed by atoms with Crippen molar-refractivity contribution in [3.63, 3.8) is 0 Å². The summed E-state index contributed by atoms with van der Waals surface area (Å²) in [5.41, 5.74) is 1.12. The third kappa shape index (κ3) is 5.43. The summed E-state index contributed by atoms with van der Waals surface area (Å²) >= 11 is 0. The van der Waals surface area contributed by atoms with E-state index in [0.717, 1.165) is 11.3 Å². The van der Waals surface area contributed by atoms with Crippen LogP contribution in [0.3, 0.4) is 0 Å². The number of aryl methyl sites for hydroxylation is 1. The number of amides is 1. The first-order valence-electron chi connectivity index (χ1n) is 6.41. The molecule has 19 heavy (non-hydrogen) atoms. The standard InChI is InChI=1S/C15H20N2O2/c1-11(2)14(10-16)17-15(18)7-8-19-13-6-4-5-12(3)9-13/h4-6,9,11,14H,7-8H2,1-3H3,(H,17,18). The summed E-state index contributed by atoms with van der Waals surface area (Å²) in [6, 6.07) is 9.31. The van der Waals surface area contributed by atoms with Gasteiger partial charge in [0.15, 0.2) is 0 Å². The molecular formula is C15H20N2O2.